The lowest BCUT2D eigenvalue weighted by atomic mass is 10.0. The first-order valence-electron chi connectivity index (χ1n) is 10.6. The van der Waals surface area contributed by atoms with Crippen molar-refractivity contribution in [2.45, 2.75) is 12.8 Å². The predicted molar refractivity (Wildman–Crippen MR) is 132 cm³/mol. The third-order valence-electron chi connectivity index (χ3n) is 5.72. The van der Waals surface area contributed by atoms with E-state index in [-0.39, 0.29) is 11.5 Å². The number of nitrogens with zero attached hydrogens (tertiary/aromatic N) is 2. The van der Waals surface area contributed by atoms with E-state index in [0.717, 1.165) is 51.7 Å². The number of hydrogen-bond donors (Lipinski definition) is 3. The fourth-order valence-corrected chi connectivity index (χ4v) is 3.98. The van der Waals surface area contributed by atoms with E-state index < -0.39 is 0 Å². The van der Waals surface area contributed by atoms with Crippen LogP contribution in [0.4, 0.5) is 10.1 Å². The van der Waals surface area contributed by atoms with Crippen molar-refractivity contribution in [3.63, 3.8) is 0 Å². The van der Waals surface area contributed by atoms with Crippen LogP contribution >= 0.6 is 0 Å². The quantitative estimate of drug-likeness (QED) is 0.269. The number of H-pyrrole nitrogens is 1. The second kappa shape index (κ2) is 8.31. The molecule has 6 heteroatoms. The van der Waals surface area contributed by atoms with Gasteiger partial charge in [-0.25, -0.2) is 9.37 Å². The van der Waals surface area contributed by atoms with Crippen LogP contribution in [0.3, 0.4) is 0 Å². The molecule has 0 amide bonds. The molecule has 0 saturated carbocycles. The molecule has 162 valence electrons. The Kier molecular flexibility index (Phi) is 5.18. The molecule has 1 aliphatic rings. The first-order chi connectivity index (χ1) is 16.0. The normalized spacial score (nSPS) is 13.7. The van der Waals surface area contributed by atoms with Crippen LogP contribution in [-0.4, -0.2) is 20.7 Å². The largest absolute Gasteiger partial charge is 0.397 e. The molecule has 3 aromatic heterocycles. The molecule has 0 aliphatic heterocycles. The minimum absolute atomic E-state index is 0.179. The third-order valence-corrected chi connectivity index (χ3v) is 5.72. The fraction of sp³-hybridized carbons (Fsp3) is 0.0741. The first kappa shape index (κ1) is 20.6. The summed E-state index contributed by atoms with van der Waals surface area (Å²) in [4.78, 5) is 12.2. The van der Waals surface area contributed by atoms with Gasteiger partial charge in [0, 0.05) is 17.1 Å². The number of nitrogen functional groups attached to an aromatic ring is 1. The van der Waals surface area contributed by atoms with Gasteiger partial charge in [0.1, 0.15) is 17.2 Å². The minimum Gasteiger partial charge on any atom is -0.397 e. The van der Waals surface area contributed by atoms with E-state index in [4.69, 9.17) is 16.1 Å². The van der Waals surface area contributed by atoms with Crippen molar-refractivity contribution in [3.8, 4) is 11.1 Å². The molecule has 1 aliphatic carbocycles. The Hall–Kier alpha value is -4.32. The standard InChI is InChI=1S/C27H22FN5/c1-16-4-2-5-17(9-8-16)23-11-10-22(29)27(33-23)26(30)24-13-20-21(14-31-15-25(20)32-24)18-6-3-7-19(28)12-18/h2-3,5-7,9-15,30,32H,1,4,8,29H2. The molecule has 0 bridgehead atoms. The summed E-state index contributed by atoms with van der Waals surface area (Å²) >= 11 is 0. The number of rotatable bonds is 4. The van der Waals surface area contributed by atoms with Crippen molar-refractivity contribution in [1.29, 1.82) is 5.41 Å². The van der Waals surface area contributed by atoms with Crippen LogP contribution in [0.1, 0.15) is 29.9 Å². The molecular formula is C27H22FN5. The zero-order valence-corrected chi connectivity index (χ0v) is 17.9. The number of benzene rings is 1. The van der Waals surface area contributed by atoms with Gasteiger partial charge in [-0.1, -0.05) is 42.5 Å². The number of allylic oxidation sites excluding steroid dienone is 5. The van der Waals surface area contributed by atoms with Gasteiger partial charge in [-0.15, -0.1) is 0 Å². The van der Waals surface area contributed by atoms with Gasteiger partial charge < -0.3 is 10.7 Å². The summed E-state index contributed by atoms with van der Waals surface area (Å²) in [7, 11) is 0. The number of aromatic nitrogens is 3. The highest BCUT2D eigenvalue weighted by Crippen LogP contribution is 2.30. The maximum atomic E-state index is 13.8. The zero-order valence-electron chi connectivity index (χ0n) is 17.9. The van der Waals surface area contributed by atoms with E-state index in [0.29, 0.717) is 17.1 Å². The number of hydrogen-bond acceptors (Lipinski definition) is 4. The predicted octanol–water partition coefficient (Wildman–Crippen LogP) is 6.05. The number of aromatic amines is 1. The number of anilines is 1. The molecule has 0 saturated heterocycles. The lowest BCUT2D eigenvalue weighted by Crippen LogP contribution is -2.10. The molecule has 0 fully saturated rings. The molecule has 0 unspecified atom stereocenters. The van der Waals surface area contributed by atoms with Crippen LogP contribution in [0.2, 0.25) is 0 Å². The first-order valence-corrected chi connectivity index (χ1v) is 10.6. The maximum absolute atomic E-state index is 13.8. The highest BCUT2D eigenvalue weighted by Gasteiger charge is 2.17. The summed E-state index contributed by atoms with van der Waals surface area (Å²) in [6.45, 7) is 4.06. The molecule has 0 spiro atoms. The lowest BCUT2D eigenvalue weighted by molar-refractivity contribution is 0.628. The molecule has 1 aromatic carbocycles. The summed E-state index contributed by atoms with van der Waals surface area (Å²) in [6.07, 6.45) is 11.2. The van der Waals surface area contributed by atoms with Crippen LogP contribution in [0.15, 0.2) is 85.2 Å². The van der Waals surface area contributed by atoms with Gasteiger partial charge in [-0.2, -0.15) is 0 Å². The number of nitrogens with one attached hydrogen (secondary N) is 2. The minimum atomic E-state index is -0.313. The monoisotopic (exact) mass is 435 g/mol. The maximum Gasteiger partial charge on any atom is 0.123 e. The van der Waals surface area contributed by atoms with E-state index in [1.54, 1.807) is 24.5 Å². The molecular weight excluding hydrogens is 413 g/mol. The van der Waals surface area contributed by atoms with Crippen LogP contribution in [0.5, 0.6) is 0 Å². The average molecular weight is 436 g/mol. The third kappa shape index (κ3) is 3.99. The SMILES string of the molecule is C=C1CC=CC(c2ccc(N)c(C(=N)c3cc4c(-c5cccc(F)c5)cncc4[nH]3)n2)=CC1. The highest BCUT2D eigenvalue weighted by atomic mass is 19.1. The number of halogens is 1. The van der Waals surface area contributed by atoms with Crippen LogP contribution < -0.4 is 5.73 Å². The Labute approximate surface area is 190 Å². The molecule has 5 nitrogen and oxygen atoms in total. The number of pyridine rings is 2. The Morgan fingerprint density at radius 2 is 2.00 bits per heavy atom. The second-order valence-corrected chi connectivity index (χ2v) is 8.07. The van der Waals surface area contributed by atoms with Gasteiger partial charge in [-0.05, 0) is 54.3 Å². The fourth-order valence-electron chi connectivity index (χ4n) is 3.98. The summed E-state index contributed by atoms with van der Waals surface area (Å²) in [6, 6.07) is 11.9. The Bertz CT molecular complexity index is 1480. The van der Waals surface area contributed by atoms with Crippen molar-refractivity contribution < 1.29 is 4.39 Å². The molecule has 5 rings (SSSR count). The van der Waals surface area contributed by atoms with E-state index in [1.807, 2.05) is 24.3 Å². The van der Waals surface area contributed by atoms with Gasteiger partial charge >= 0.3 is 0 Å². The summed E-state index contributed by atoms with van der Waals surface area (Å²) in [5, 5.41) is 9.68. The van der Waals surface area contributed by atoms with Crippen LogP contribution in [0.25, 0.3) is 27.6 Å². The van der Waals surface area contributed by atoms with Crippen molar-refractivity contribution >= 4 is 27.9 Å². The van der Waals surface area contributed by atoms with E-state index >= 15 is 0 Å². The van der Waals surface area contributed by atoms with Crippen molar-refractivity contribution in [2.75, 3.05) is 5.73 Å². The van der Waals surface area contributed by atoms with Crippen molar-refractivity contribution in [1.82, 2.24) is 15.0 Å². The summed E-state index contributed by atoms with van der Waals surface area (Å²) < 4.78 is 13.8. The zero-order chi connectivity index (χ0) is 22.9. The second-order valence-electron chi connectivity index (χ2n) is 8.07. The topological polar surface area (TPSA) is 91.4 Å². The molecule has 4 aromatic rings. The average Bonchev–Trinajstić information content (AvgIpc) is 3.14. The number of nitrogens with two attached hydrogens (primary N) is 1. The summed E-state index contributed by atoms with van der Waals surface area (Å²) in [5.74, 6) is -0.313. The highest BCUT2D eigenvalue weighted by molar-refractivity contribution is 6.14. The Morgan fingerprint density at radius 3 is 2.85 bits per heavy atom. The van der Waals surface area contributed by atoms with Crippen LogP contribution in [-0.2, 0) is 0 Å². The molecule has 33 heavy (non-hydrogen) atoms. The van der Waals surface area contributed by atoms with Gasteiger partial charge in [0.25, 0.3) is 0 Å². The lowest BCUT2D eigenvalue weighted by Gasteiger charge is -2.09. The van der Waals surface area contributed by atoms with Gasteiger partial charge in [0.15, 0.2) is 0 Å². The Morgan fingerprint density at radius 1 is 1.12 bits per heavy atom. The summed E-state index contributed by atoms with van der Waals surface area (Å²) in [5.41, 5.74) is 12.9. The van der Waals surface area contributed by atoms with E-state index in [9.17, 15) is 4.39 Å². The smallest absolute Gasteiger partial charge is 0.123 e. The van der Waals surface area contributed by atoms with Gasteiger partial charge in [0.05, 0.1) is 28.8 Å². The molecule has 3 heterocycles. The van der Waals surface area contributed by atoms with Gasteiger partial charge in [0.2, 0.25) is 0 Å². The van der Waals surface area contributed by atoms with Gasteiger partial charge in [-0.3, -0.25) is 10.4 Å². The molecule has 4 N–H and O–H groups in total. The molecule has 0 atom stereocenters. The van der Waals surface area contributed by atoms with E-state index in [2.05, 4.69) is 28.7 Å². The molecule has 0 radical (unpaired) electrons. The number of fused-ring (bicyclic) bond motifs is 1. The Balaban J connectivity index is 1.56. The van der Waals surface area contributed by atoms with E-state index in [1.165, 1.54) is 12.1 Å². The van der Waals surface area contributed by atoms with Crippen LogP contribution in [0, 0.1) is 11.2 Å². The van der Waals surface area contributed by atoms with Crippen molar-refractivity contribution in [3.05, 3.63) is 108 Å². The van der Waals surface area contributed by atoms with Crippen molar-refractivity contribution in [2.24, 2.45) is 0 Å².